The highest BCUT2D eigenvalue weighted by Crippen LogP contribution is 2.73. The lowest BCUT2D eigenvalue weighted by Gasteiger charge is -2.35. The van der Waals surface area contributed by atoms with Crippen molar-refractivity contribution >= 4 is 26.1 Å². The monoisotopic (exact) mass is 657 g/mol. The van der Waals surface area contributed by atoms with Crippen LogP contribution in [0.25, 0.3) is 0 Å². The fraction of sp³-hybridized carbons (Fsp3) is 0.696. The number of rotatable bonds is 14. The zero-order valence-electron chi connectivity index (χ0n) is 24.2. The maximum absolute atomic E-state index is 14.9. The van der Waals surface area contributed by atoms with Crippen LogP contribution in [0.5, 0.6) is 0 Å². The second-order valence-electron chi connectivity index (χ2n) is 10.1. The quantitative estimate of drug-likeness (QED) is 0.106. The van der Waals surface area contributed by atoms with E-state index in [1.165, 1.54) is 27.7 Å². The number of halogens is 1. The van der Waals surface area contributed by atoms with Gasteiger partial charge in [0.2, 0.25) is 19.2 Å². The van der Waals surface area contributed by atoms with Crippen molar-refractivity contribution in [1.82, 2.24) is 9.55 Å². The molecule has 3 rings (SSSR count). The van der Waals surface area contributed by atoms with Gasteiger partial charge in [-0.1, -0.05) is 0 Å². The Morgan fingerprint density at radius 1 is 1.11 bits per heavy atom. The molecule has 19 nitrogen and oxygen atoms in total. The van der Waals surface area contributed by atoms with E-state index in [2.05, 4.69) is 9.47 Å². The zero-order valence-corrected chi connectivity index (χ0v) is 25.1. The summed E-state index contributed by atoms with van der Waals surface area (Å²) < 4.78 is 74.4. The van der Waals surface area contributed by atoms with Crippen LogP contribution in [0, 0.1) is 0 Å². The average molecular weight is 657 g/mol. The lowest BCUT2D eigenvalue weighted by molar-refractivity contribution is -0.188. The topological polar surface area (TPSA) is 252 Å². The highest BCUT2D eigenvalue weighted by Gasteiger charge is 2.96. The minimum Gasteiger partial charge on any atom is -0.449 e. The molecule has 2 aliphatic rings. The lowest BCUT2D eigenvalue weighted by Crippen LogP contribution is -2.53. The van der Waals surface area contributed by atoms with Crippen molar-refractivity contribution in [3.63, 3.8) is 0 Å². The van der Waals surface area contributed by atoms with Gasteiger partial charge >= 0.3 is 31.8 Å². The number of phosphoric ester groups is 1. The van der Waals surface area contributed by atoms with Crippen LogP contribution in [0.1, 0.15) is 40.8 Å². The number of nitrogens with one attached hydrogen (secondary N) is 1. The van der Waals surface area contributed by atoms with Gasteiger partial charge in [-0.2, -0.15) is 0 Å². The van der Waals surface area contributed by atoms with E-state index >= 15 is 0 Å². The van der Waals surface area contributed by atoms with Crippen molar-refractivity contribution in [1.29, 1.82) is 0 Å². The van der Waals surface area contributed by atoms with Gasteiger partial charge in [0.25, 0.3) is 5.56 Å². The van der Waals surface area contributed by atoms with Gasteiger partial charge in [-0.05, 0) is 34.6 Å². The summed E-state index contributed by atoms with van der Waals surface area (Å²) in [5, 5.41) is 11.7. The van der Waals surface area contributed by atoms with Gasteiger partial charge in [0.05, 0.1) is 18.8 Å². The minimum atomic E-state index is -5.12. The molecular formula is C23H33FN3O16P. The molecule has 2 heterocycles. The number of esters is 1. The summed E-state index contributed by atoms with van der Waals surface area (Å²) in [5.41, 5.74) is -4.11. The maximum Gasteiger partial charge on any atom is 0.510 e. The molecule has 1 saturated heterocycles. The van der Waals surface area contributed by atoms with Crippen molar-refractivity contribution < 1.29 is 70.4 Å². The Kier molecular flexibility index (Phi) is 10.6. The number of carbonyl (C=O) groups excluding carboxylic acids is 3. The molecule has 5 atom stereocenters. The molecule has 0 spiro atoms. The number of ether oxygens (including phenoxy) is 6. The zero-order chi connectivity index (χ0) is 33.1. The number of phosphoric acid groups is 1. The van der Waals surface area contributed by atoms with Crippen LogP contribution >= 0.6 is 7.82 Å². The number of nitrogens with two attached hydrogens (primary N) is 1. The third-order valence-corrected chi connectivity index (χ3v) is 7.62. The van der Waals surface area contributed by atoms with E-state index in [0.29, 0.717) is 4.57 Å². The van der Waals surface area contributed by atoms with E-state index in [1.807, 2.05) is 4.98 Å². The predicted molar refractivity (Wildman–Crippen MR) is 138 cm³/mol. The summed E-state index contributed by atoms with van der Waals surface area (Å²) >= 11 is 0. The normalized spacial score (nSPS) is 27.5. The molecule has 5 unspecified atom stereocenters. The summed E-state index contributed by atoms with van der Waals surface area (Å²) in [6, 6.07) is 0.907. The molecule has 0 amide bonds. The first-order valence-electron chi connectivity index (χ1n) is 12.9. The number of alkyl halides is 1. The Labute approximate surface area is 248 Å². The standard InChI is InChI=1S/C23H33FN3O16P/c1-12(2)39-19(31)35-10-37-44(34,38-11-36-20(32)40-13(3)4)43-16-22(9-24)23(16,41-15(29)8-25)21(5,33)17(42-22)27-7-6-14(28)26-18(27)30/h6-7,12-13,16-17,33H,8-11,25H2,1-5H3,(H,26,28,30). The van der Waals surface area contributed by atoms with Crippen LogP contribution in [-0.4, -0.2) is 94.9 Å². The van der Waals surface area contributed by atoms with Gasteiger partial charge in [0.15, 0.2) is 23.5 Å². The summed E-state index contributed by atoms with van der Waals surface area (Å²) in [5.74, 6) is -1.21. The molecule has 1 aromatic heterocycles. The third-order valence-electron chi connectivity index (χ3n) is 6.31. The molecule has 1 aliphatic carbocycles. The number of aliphatic hydroxyl groups is 1. The Morgan fingerprint density at radius 3 is 2.11 bits per heavy atom. The molecule has 1 aromatic rings. The van der Waals surface area contributed by atoms with Crippen molar-refractivity contribution in [2.24, 2.45) is 5.73 Å². The highest BCUT2D eigenvalue weighted by atomic mass is 31.2. The molecule has 21 heteroatoms. The summed E-state index contributed by atoms with van der Waals surface area (Å²) in [6.07, 6.45) is -6.58. The molecule has 248 valence electrons. The first-order chi connectivity index (χ1) is 20.5. The molecule has 0 aromatic carbocycles. The number of nitrogens with zero attached hydrogens (tertiary/aromatic N) is 1. The van der Waals surface area contributed by atoms with Gasteiger partial charge in [-0.3, -0.25) is 23.7 Å². The first kappa shape index (κ1) is 35.1. The second kappa shape index (κ2) is 13.3. The van der Waals surface area contributed by atoms with Crippen LogP contribution in [0.2, 0.25) is 0 Å². The number of H-pyrrole nitrogens is 1. The molecule has 0 bridgehead atoms. The maximum atomic E-state index is 14.9. The fourth-order valence-electron chi connectivity index (χ4n) is 4.51. The van der Waals surface area contributed by atoms with Gasteiger partial charge in [0.1, 0.15) is 6.67 Å². The molecule has 4 N–H and O–H groups in total. The van der Waals surface area contributed by atoms with Gasteiger partial charge in [-0.25, -0.2) is 32.4 Å². The predicted octanol–water partition coefficient (Wildman–Crippen LogP) is 0.344. The van der Waals surface area contributed by atoms with E-state index < -0.39 is 105 Å². The number of hydrogen-bond donors (Lipinski definition) is 3. The first-order valence-corrected chi connectivity index (χ1v) is 14.4. The SMILES string of the molecule is CC(C)OC(=O)OCOP(=O)(OCOC(=O)OC(C)C)OC1C2(CF)OC(n3ccc(=O)[nH]c3=O)C(C)(O)C12OC(=O)CN. The number of hydrogen-bond acceptors (Lipinski definition) is 17. The van der Waals surface area contributed by atoms with Crippen LogP contribution < -0.4 is 17.0 Å². The van der Waals surface area contributed by atoms with Crippen molar-refractivity contribution in [3.8, 4) is 0 Å². The average Bonchev–Trinajstić information content (AvgIpc) is 3.37. The fourth-order valence-corrected chi connectivity index (χ4v) is 5.65. The molecular weight excluding hydrogens is 624 g/mol. The second-order valence-corrected chi connectivity index (χ2v) is 11.7. The molecule has 0 radical (unpaired) electrons. The lowest BCUT2D eigenvalue weighted by atomic mass is 9.93. The summed E-state index contributed by atoms with van der Waals surface area (Å²) in [6.45, 7) is 2.38. The highest BCUT2D eigenvalue weighted by molar-refractivity contribution is 7.48. The van der Waals surface area contributed by atoms with E-state index in [-0.39, 0.29) is 0 Å². The summed E-state index contributed by atoms with van der Waals surface area (Å²) in [7, 11) is -5.12. The molecule has 1 saturated carbocycles. The Bertz CT molecular complexity index is 1370. The van der Waals surface area contributed by atoms with Crippen LogP contribution in [-0.2, 0) is 51.4 Å². The molecule has 2 fully saturated rings. The number of aromatic amines is 1. The number of carbonyl (C=O) groups is 3. The van der Waals surface area contributed by atoms with Crippen LogP contribution in [0.3, 0.4) is 0 Å². The Hall–Kier alpha value is -3.39. The summed E-state index contributed by atoms with van der Waals surface area (Å²) in [4.78, 5) is 61.9. The molecule has 44 heavy (non-hydrogen) atoms. The smallest absolute Gasteiger partial charge is 0.449 e. The van der Waals surface area contributed by atoms with Gasteiger partial charge in [-0.15, -0.1) is 0 Å². The molecule has 1 aliphatic heterocycles. The van der Waals surface area contributed by atoms with Crippen molar-refractivity contribution in [2.75, 3.05) is 26.8 Å². The Balaban J connectivity index is 1.95. The Morgan fingerprint density at radius 2 is 1.66 bits per heavy atom. The number of fused-ring (bicyclic) bond motifs is 1. The van der Waals surface area contributed by atoms with Crippen LogP contribution in [0.15, 0.2) is 21.9 Å². The largest absolute Gasteiger partial charge is 0.510 e. The van der Waals surface area contributed by atoms with E-state index in [1.54, 1.807) is 0 Å². The van der Waals surface area contributed by atoms with Gasteiger partial charge in [0, 0.05) is 12.3 Å². The van der Waals surface area contributed by atoms with Gasteiger partial charge < -0.3 is 39.3 Å². The third kappa shape index (κ3) is 6.80. The van der Waals surface area contributed by atoms with E-state index in [0.717, 1.165) is 19.2 Å². The van der Waals surface area contributed by atoms with Crippen molar-refractivity contribution in [3.05, 3.63) is 33.1 Å². The van der Waals surface area contributed by atoms with E-state index in [4.69, 9.17) is 38.3 Å². The number of aromatic nitrogens is 2. The minimum absolute atomic E-state index is 0.600. The van der Waals surface area contributed by atoms with Crippen LogP contribution in [0.4, 0.5) is 14.0 Å². The van der Waals surface area contributed by atoms with E-state index in [9.17, 15) is 38.0 Å². The van der Waals surface area contributed by atoms with Crippen molar-refractivity contribution in [2.45, 2.75) is 76.0 Å².